The SMILES string of the molecule is CNC(=O)C(C)CN(C)c1ncnc(NC)c1[N+](=O)[O-]. The van der Waals surface area contributed by atoms with Crippen LogP contribution in [0.25, 0.3) is 0 Å². The Kier molecular flexibility index (Phi) is 5.18. The van der Waals surface area contributed by atoms with Crippen molar-refractivity contribution >= 4 is 23.2 Å². The molecule has 1 unspecified atom stereocenters. The second-order valence-corrected chi connectivity index (χ2v) is 4.30. The van der Waals surface area contributed by atoms with E-state index in [1.54, 1.807) is 33.0 Å². The Labute approximate surface area is 116 Å². The van der Waals surface area contributed by atoms with Crippen LogP contribution in [0, 0.1) is 16.0 Å². The number of nitrogens with zero attached hydrogens (tertiary/aromatic N) is 4. The highest BCUT2D eigenvalue weighted by Gasteiger charge is 2.26. The fourth-order valence-corrected chi connectivity index (χ4v) is 1.83. The molecule has 1 heterocycles. The summed E-state index contributed by atoms with van der Waals surface area (Å²) in [5.74, 6) is -0.149. The van der Waals surface area contributed by atoms with Crippen LogP contribution < -0.4 is 15.5 Å². The predicted molar refractivity (Wildman–Crippen MR) is 74.7 cm³/mol. The zero-order valence-electron chi connectivity index (χ0n) is 11.9. The van der Waals surface area contributed by atoms with Crippen molar-refractivity contribution in [3.05, 3.63) is 16.4 Å². The van der Waals surface area contributed by atoms with Gasteiger partial charge in [0.1, 0.15) is 6.33 Å². The van der Waals surface area contributed by atoms with E-state index in [4.69, 9.17) is 0 Å². The van der Waals surface area contributed by atoms with Crippen molar-refractivity contribution in [3.8, 4) is 0 Å². The van der Waals surface area contributed by atoms with Gasteiger partial charge >= 0.3 is 5.69 Å². The summed E-state index contributed by atoms with van der Waals surface area (Å²) in [5.41, 5.74) is -0.207. The predicted octanol–water partition coefficient (Wildman–Crippen LogP) is 0.245. The number of nitro groups is 1. The van der Waals surface area contributed by atoms with Crippen molar-refractivity contribution in [1.29, 1.82) is 0 Å². The lowest BCUT2D eigenvalue weighted by Crippen LogP contribution is -2.35. The second-order valence-electron chi connectivity index (χ2n) is 4.30. The number of nitrogens with one attached hydrogen (secondary N) is 2. The van der Waals surface area contributed by atoms with Crippen molar-refractivity contribution in [1.82, 2.24) is 15.3 Å². The number of anilines is 2. The number of rotatable bonds is 6. The number of aromatic nitrogens is 2. The van der Waals surface area contributed by atoms with Gasteiger partial charge in [0.15, 0.2) is 0 Å². The molecular weight excluding hydrogens is 264 g/mol. The molecule has 20 heavy (non-hydrogen) atoms. The van der Waals surface area contributed by atoms with Gasteiger partial charge in [0.2, 0.25) is 17.5 Å². The van der Waals surface area contributed by atoms with Crippen LogP contribution in [-0.2, 0) is 4.79 Å². The molecule has 0 aromatic carbocycles. The van der Waals surface area contributed by atoms with Crippen LogP contribution in [0.5, 0.6) is 0 Å². The maximum absolute atomic E-state index is 11.5. The third kappa shape index (κ3) is 3.31. The van der Waals surface area contributed by atoms with Gasteiger partial charge in [-0.3, -0.25) is 14.9 Å². The van der Waals surface area contributed by atoms with Crippen LogP contribution in [0.2, 0.25) is 0 Å². The van der Waals surface area contributed by atoms with E-state index in [9.17, 15) is 14.9 Å². The fourth-order valence-electron chi connectivity index (χ4n) is 1.83. The topological polar surface area (TPSA) is 113 Å². The fraction of sp³-hybridized carbons (Fsp3) is 0.545. The molecule has 1 amide bonds. The van der Waals surface area contributed by atoms with Crippen LogP contribution in [0.4, 0.5) is 17.3 Å². The third-order valence-corrected chi connectivity index (χ3v) is 2.83. The van der Waals surface area contributed by atoms with E-state index in [-0.39, 0.29) is 29.1 Å². The van der Waals surface area contributed by atoms with Crippen LogP contribution in [0.1, 0.15) is 6.92 Å². The first-order valence-electron chi connectivity index (χ1n) is 6.02. The van der Waals surface area contributed by atoms with Gasteiger partial charge in [-0.25, -0.2) is 9.97 Å². The Hall–Kier alpha value is -2.45. The standard InChI is InChI=1S/C11H18N6O3/c1-7(11(18)13-3)5-16(4)10-8(17(19)20)9(12-2)14-6-15-10/h6-7H,5H2,1-4H3,(H,13,18)(H,12,14,15). The summed E-state index contributed by atoms with van der Waals surface area (Å²) in [6.45, 7) is 2.04. The van der Waals surface area contributed by atoms with E-state index < -0.39 is 4.92 Å². The molecule has 1 atom stereocenters. The minimum absolute atomic E-state index is 0.137. The van der Waals surface area contributed by atoms with Crippen molar-refractivity contribution in [2.75, 3.05) is 37.9 Å². The van der Waals surface area contributed by atoms with Crippen molar-refractivity contribution in [2.45, 2.75) is 6.92 Å². The maximum atomic E-state index is 11.5. The van der Waals surface area contributed by atoms with E-state index in [0.29, 0.717) is 6.54 Å². The highest BCUT2D eigenvalue weighted by atomic mass is 16.6. The molecule has 0 saturated heterocycles. The summed E-state index contributed by atoms with van der Waals surface area (Å²) in [4.78, 5) is 31.5. The number of hydrogen-bond donors (Lipinski definition) is 2. The van der Waals surface area contributed by atoms with Crippen molar-refractivity contribution in [2.24, 2.45) is 5.92 Å². The van der Waals surface area contributed by atoms with Crippen molar-refractivity contribution in [3.63, 3.8) is 0 Å². The molecule has 1 rings (SSSR count). The molecule has 0 saturated carbocycles. The van der Waals surface area contributed by atoms with Gasteiger partial charge in [-0.05, 0) is 0 Å². The molecule has 110 valence electrons. The third-order valence-electron chi connectivity index (χ3n) is 2.83. The molecule has 1 aromatic heterocycles. The second kappa shape index (κ2) is 6.64. The van der Waals surface area contributed by atoms with Crippen LogP contribution >= 0.6 is 0 Å². The zero-order chi connectivity index (χ0) is 15.3. The Balaban J connectivity index is 3.06. The molecule has 0 aliphatic heterocycles. The maximum Gasteiger partial charge on any atom is 0.353 e. The minimum atomic E-state index is -0.539. The Morgan fingerprint density at radius 2 is 2.15 bits per heavy atom. The first kappa shape index (κ1) is 15.6. The van der Waals surface area contributed by atoms with E-state index >= 15 is 0 Å². The first-order chi connectivity index (χ1) is 9.42. The zero-order valence-corrected chi connectivity index (χ0v) is 11.9. The highest BCUT2D eigenvalue weighted by molar-refractivity contribution is 5.79. The summed E-state index contributed by atoms with van der Waals surface area (Å²) in [6, 6.07) is 0. The minimum Gasteiger partial charge on any atom is -0.367 e. The van der Waals surface area contributed by atoms with Crippen LogP contribution in [0.15, 0.2) is 6.33 Å². The molecular formula is C11H18N6O3. The average molecular weight is 282 g/mol. The summed E-state index contributed by atoms with van der Waals surface area (Å²) in [6.07, 6.45) is 1.25. The van der Waals surface area contributed by atoms with E-state index in [2.05, 4.69) is 20.6 Å². The summed E-state index contributed by atoms with van der Waals surface area (Å²) in [5, 5.41) is 16.4. The molecule has 0 spiro atoms. The molecule has 0 aliphatic carbocycles. The lowest BCUT2D eigenvalue weighted by Gasteiger charge is -2.21. The molecule has 9 nitrogen and oxygen atoms in total. The van der Waals surface area contributed by atoms with Gasteiger partial charge in [0, 0.05) is 27.7 Å². The van der Waals surface area contributed by atoms with Crippen molar-refractivity contribution < 1.29 is 9.72 Å². The van der Waals surface area contributed by atoms with E-state index in [0.717, 1.165) is 0 Å². The molecule has 0 aliphatic rings. The summed E-state index contributed by atoms with van der Waals surface area (Å²) < 4.78 is 0. The lowest BCUT2D eigenvalue weighted by molar-refractivity contribution is -0.383. The highest BCUT2D eigenvalue weighted by Crippen LogP contribution is 2.30. The Morgan fingerprint density at radius 3 is 2.65 bits per heavy atom. The Morgan fingerprint density at radius 1 is 1.50 bits per heavy atom. The van der Waals surface area contributed by atoms with Crippen LogP contribution in [-0.4, -0.2) is 48.5 Å². The van der Waals surface area contributed by atoms with Gasteiger partial charge < -0.3 is 15.5 Å². The van der Waals surface area contributed by atoms with Gasteiger partial charge in [-0.2, -0.15) is 0 Å². The van der Waals surface area contributed by atoms with Gasteiger partial charge in [0.25, 0.3) is 0 Å². The first-order valence-corrected chi connectivity index (χ1v) is 6.02. The molecule has 9 heteroatoms. The molecule has 0 fully saturated rings. The Bertz CT molecular complexity index is 507. The van der Waals surface area contributed by atoms with Gasteiger partial charge in [-0.1, -0.05) is 6.92 Å². The molecule has 0 bridgehead atoms. The molecule has 0 radical (unpaired) electrons. The largest absolute Gasteiger partial charge is 0.367 e. The van der Waals surface area contributed by atoms with Gasteiger partial charge in [-0.15, -0.1) is 0 Å². The van der Waals surface area contributed by atoms with Crippen LogP contribution in [0.3, 0.4) is 0 Å². The normalized spacial score (nSPS) is 11.6. The van der Waals surface area contributed by atoms with E-state index in [1.807, 2.05) is 0 Å². The average Bonchev–Trinajstić information content (AvgIpc) is 2.44. The monoisotopic (exact) mass is 282 g/mol. The number of amides is 1. The summed E-state index contributed by atoms with van der Waals surface area (Å²) >= 11 is 0. The lowest BCUT2D eigenvalue weighted by atomic mass is 10.1. The summed E-state index contributed by atoms with van der Waals surface area (Å²) in [7, 11) is 4.74. The number of carbonyl (C=O) groups is 1. The van der Waals surface area contributed by atoms with E-state index in [1.165, 1.54) is 6.33 Å². The molecule has 2 N–H and O–H groups in total. The van der Waals surface area contributed by atoms with Gasteiger partial charge in [0.05, 0.1) is 10.8 Å². The molecule has 1 aromatic rings. The number of carbonyl (C=O) groups excluding carboxylic acids is 1. The quantitative estimate of drug-likeness (QED) is 0.567. The number of hydrogen-bond acceptors (Lipinski definition) is 7. The smallest absolute Gasteiger partial charge is 0.353 e.